The topological polar surface area (TPSA) is 29.1 Å². The van der Waals surface area contributed by atoms with Crippen LogP contribution in [0.5, 0.6) is 0 Å². The molecule has 2 heteroatoms. The molecule has 1 radical (unpaired) electrons. The molecule has 69 valence electrons. The zero-order chi connectivity index (χ0) is 9.97. The van der Waals surface area contributed by atoms with Gasteiger partial charge in [-0.15, -0.1) is 0 Å². The summed E-state index contributed by atoms with van der Waals surface area (Å²) in [4.78, 5) is 10.9. The molecule has 14 heavy (non-hydrogen) atoms. The third-order valence-electron chi connectivity index (χ3n) is 2.01. The Morgan fingerprint density at radius 1 is 1.29 bits per heavy atom. The van der Waals surface area contributed by atoms with Crippen LogP contribution in [-0.2, 0) is 4.79 Å². The monoisotopic (exact) mass is 184 g/mol. The zero-order valence-corrected chi connectivity index (χ0v) is 7.87. The SMILES string of the molecule is CC(=O)Nc1cccc2[c]cccc12. The molecule has 0 fully saturated rings. The van der Waals surface area contributed by atoms with Crippen LogP contribution < -0.4 is 5.32 Å². The molecule has 0 aliphatic heterocycles. The van der Waals surface area contributed by atoms with E-state index >= 15 is 0 Å². The number of hydrogen-bond donors (Lipinski definition) is 1. The Bertz CT molecular complexity index is 471. The number of hydrogen-bond acceptors (Lipinski definition) is 1. The van der Waals surface area contributed by atoms with E-state index in [-0.39, 0.29) is 5.91 Å². The van der Waals surface area contributed by atoms with Gasteiger partial charge >= 0.3 is 0 Å². The van der Waals surface area contributed by atoms with E-state index in [9.17, 15) is 4.79 Å². The molecule has 1 amide bonds. The van der Waals surface area contributed by atoms with Crippen LogP contribution in [0.15, 0.2) is 36.4 Å². The molecule has 0 saturated carbocycles. The van der Waals surface area contributed by atoms with Crippen LogP contribution in [0, 0.1) is 6.07 Å². The van der Waals surface area contributed by atoms with Crippen molar-refractivity contribution < 1.29 is 4.79 Å². The highest BCUT2D eigenvalue weighted by Gasteiger charge is 2.00. The average Bonchev–Trinajstić information content (AvgIpc) is 2.18. The third kappa shape index (κ3) is 1.59. The number of carbonyl (C=O) groups is 1. The van der Waals surface area contributed by atoms with Gasteiger partial charge < -0.3 is 5.32 Å². The number of nitrogens with one attached hydrogen (secondary N) is 1. The van der Waals surface area contributed by atoms with E-state index in [1.807, 2.05) is 36.4 Å². The fourth-order valence-electron chi connectivity index (χ4n) is 1.45. The van der Waals surface area contributed by atoms with Gasteiger partial charge in [-0.2, -0.15) is 0 Å². The lowest BCUT2D eigenvalue weighted by atomic mass is 10.1. The van der Waals surface area contributed by atoms with Crippen molar-refractivity contribution in [3.63, 3.8) is 0 Å². The Balaban J connectivity index is 2.59. The molecule has 2 aromatic carbocycles. The first kappa shape index (κ1) is 8.75. The van der Waals surface area contributed by atoms with Crippen LogP contribution in [0.25, 0.3) is 10.8 Å². The number of fused-ring (bicyclic) bond motifs is 1. The lowest BCUT2D eigenvalue weighted by Gasteiger charge is -2.05. The Labute approximate surface area is 82.6 Å². The molecule has 2 nitrogen and oxygen atoms in total. The number of carbonyl (C=O) groups excluding carboxylic acids is 1. The van der Waals surface area contributed by atoms with Gasteiger partial charge in [0.15, 0.2) is 0 Å². The zero-order valence-electron chi connectivity index (χ0n) is 7.87. The number of benzene rings is 2. The van der Waals surface area contributed by atoms with E-state index in [2.05, 4.69) is 11.4 Å². The van der Waals surface area contributed by atoms with Crippen molar-refractivity contribution in [3.8, 4) is 0 Å². The third-order valence-corrected chi connectivity index (χ3v) is 2.01. The summed E-state index contributed by atoms with van der Waals surface area (Å²) in [6.07, 6.45) is 0. The highest BCUT2D eigenvalue weighted by molar-refractivity contribution is 6.01. The van der Waals surface area contributed by atoms with E-state index in [1.54, 1.807) is 0 Å². The van der Waals surface area contributed by atoms with E-state index in [4.69, 9.17) is 0 Å². The molecule has 0 heterocycles. The van der Waals surface area contributed by atoms with E-state index in [1.165, 1.54) is 6.92 Å². The van der Waals surface area contributed by atoms with Gasteiger partial charge in [-0.25, -0.2) is 0 Å². The minimum atomic E-state index is -0.0543. The molecule has 0 bridgehead atoms. The van der Waals surface area contributed by atoms with Crippen LogP contribution in [0.4, 0.5) is 5.69 Å². The highest BCUT2D eigenvalue weighted by Crippen LogP contribution is 2.22. The largest absolute Gasteiger partial charge is 0.326 e. The Morgan fingerprint density at radius 2 is 2.14 bits per heavy atom. The van der Waals surface area contributed by atoms with Crippen molar-refractivity contribution in [2.24, 2.45) is 0 Å². The van der Waals surface area contributed by atoms with Crippen molar-refractivity contribution in [2.75, 3.05) is 5.32 Å². The molecule has 1 N–H and O–H groups in total. The van der Waals surface area contributed by atoms with Gasteiger partial charge in [0.1, 0.15) is 0 Å². The first-order valence-corrected chi connectivity index (χ1v) is 4.44. The second-order valence-corrected chi connectivity index (χ2v) is 3.12. The molecule has 0 spiro atoms. The van der Waals surface area contributed by atoms with Gasteiger partial charge in [-0.05, 0) is 17.5 Å². The van der Waals surface area contributed by atoms with Gasteiger partial charge in [0.2, 0.25) is 5.91 Å². The van der Waals surface area contributed by atoms with Crippen molar-refractivity contribution in [3.05, 3.63) is 42.5 Å². The predicted octanol–water partition coefficient (Wildman–Crippen LogP) is 2.60. The van der Waals surface area contributed by atoms with E-state index in [0.717, 1.165) is 16.5 Å². The summed E-state index contributed by atoms with van der Waals surface area (Å²) in [6, 6.07) is 14.6. The minimum absolute atomic E-state index is 0.0543. The average molecular weight is 184 g/mol. The lowest BCUT2D eigenvalue weighted by Crippen LogP contribution is -2.05. The summed E-state index contributed by atoms with van der Waals surface area (Å²) in [7, 11) is 0. The first-order valence-electron chi connectivity index (χ1n) is 4.44. The van der Waals surface area contributed by atoms with Crippen LogP contribution in [0.2, 0.25) is 0 Å². The van der Waals surface area contributed by atoms with Gasteiger partial charge in [0, 0.05) is 18.0 Å². The molecule has 0 aliphatic carbocycles. The Morgan fingerprint density at radius 3 is 2.93 bits per heavy atom. The molecule has 0 unspecified atom stereocenters. The second kappa shape index (κ2) is 3.50. The molecule has 0 aliphatic rings. The fraction of sp³-hybridized carbons (Fsp3) is 0.0833. The molecule has 2 rings (SSSR count). The maximum atomic E-state index is 10.9. The van der Waals surface area contributed by atoms with Crippen molar-refractivity contribution in [1.29, 1.82) is 0 Å². The number of rotatable bonds is 1. The first-order chi connectivity index (χ1) is 6.77. The Hall–Kier alpha value is -1.83. The lowest BCUT2D eigenvalue weighted by molar-refractivity contribution is -0.114. The summed E-state index contributed by atoms with van der Waals surface area (Å²) in [5.74, 6) is -0.0543. The molecule has 0 aromatic heterocycles. The molecule has 0 saturated heterocycles. The van der Waals surface area contributed by atoms with E-state index < -0.39 is 0 Å². The van der Waals surface area contributed by atoms with Crippen molar-refractivity contribution in [2.45, 2.75) is 6.92 Å². The van der Waals surface area contributed by atoms with Crippen LogP contribution >= 0.6 is 0 Å². The van der Waals surface area contributed by atoms with Crippen LogP contribution in [0.1, 0.15) is 6.92 Å². The standard InChI is InChI=1S/C12H10NO/c1-9(14)13-12-8-4-6-10-5-2-3-7-11(10)12/h2-4,6-8H,1H3,(H,13,14). The summed E-state index contributed by atoms with van der Waals surface area (Å²) in [6.45, 7) is 1.51. The Kier molecular flexibility index (Phi) is 2.19. The number of anilines is 1. The van der Waals surface area contributed by atoms with Gasteiger partial charge in [0.05, 0.1) is 0 Å². The van der Waals surface area contributed by atoms with Crippen molar-refractivity contribution >= 4 is 22.4 Å². The fourth-order valence-corrected chi connectivity index (χ4v) is 1.45. The smallest absolute Gasteiger partial charge is 0.221 e. The van der Waals surface area contributed by atoms with Crippen LogP contribution in [0.3, 0.4) is 0 Å². The minimum Gasteiger partial charge on any atom is -0.326 e. The normalized spacial score (nSPS) is 10.1. The molecular formula is C12H10NO. The summed E-state index contributed by atoms with van der Waals surface area (Å²) in [5.41, 5.74) is 0.840. The highest BCUT2D eigenvalue weighted by atomic mass is 16.1. The number of amides is 1. The molecule has 0 atom stereocenters. The van der Waals surface area contributed by atoms with Gasteiger partial charge in [0.25, 0.3) is 0 Å². The maximum absolute atomic E-state index is 10.9. The summed E-state index contributed by atoms with van der Waals surface area (Å²) >= 11 is 0. The predicted molar refractivity (Wildman–Crippen MR) is 57.1 cm³/mol. The molecular weight excluding hydrogens is 174 g/mol. The van der Waals surface area contributed by atoms with Crippen LogP contribution in [-0.4, -0.2) is 5.91 Å². The quantitative estimate of drug-likeness (QED) is 0.725. The van der Waals surface area contributed by atoms with Gasteiger partial charge in [-0.1, -0.05) is 30.3 Å². The maximum Gasteiger partial charge on any atom is 0.221 e. The van der Waals surface area contributed by atoms with E-state index in [0.29, 0.717) is 0 Å². The van der Waals surface area contributed by atoms with Gasteiger partial charge in [-0.3, -0.25) is 4.79 Å². The summed E-state index contributed by atoms with van der Waals surface area (Å²) < 4.78 is 0. The summed E-state index contributed by atoms with van der Waals surface area (Å²) in [5, 5.41) is 4.82. The van der Waals surface area contributed by atoms with Crippen molar-refractivity contribution in [1.82, 2.24) is 0 Å². The molecule has 2 aromatic rings. The second-order valence-electron chi connectivity index (χ2n) is 3.12.